The third-order valence-electron chi connectivity index (χ3n) is 4.14. The summed E-state index contributed by atoms with van der Waals surface area (Å²) in [5.74, 6) is 1.03. The Kier molecular flexibility index (Phi) is 6.64. The lowest BCUT2D eigenvalue weighted by molar-refractivity contribution is -0.385. The van der Waals surface area contributed by atoms with Crippen molar-refractivity contribution in [3.8, 4) is 11.4 Å². The van der Waals surface area contributed by atoms with Gasteiger partial charge in [0.05, 0.1) is 16.3 Å². The summed E-state index contributed by atoms with van der Waals surface area (Å²) >= 11 is 0. The van der Waals surface area contributed by atoms with Crippen LogP contribution in [-0.4, -0.2) is 52.0 Å². The zero-order valence-electron chi connectivity index (χ0n) is 16.4. The number of benzene rings is 1. The maximum Gasteiger partial charge on any atom is 0.274 e. The average molecular weight is 393 g/mol. The molecule has 1 aromatic carbocycles. The molecule has 0 unspecified atom stereocenters. The van der Waals surface area contributed by atoms with Crippen LogP contribution in [0.15, 0.2) is 54.7 Å². The molecule has 3 aromatic rings. The highest BCUT2D eigenvalue weighted by Gasteiger charge is 2.13. The van der Waals surface area contributed by atoms with E-state index < -0.39 is 0 Å². The number of aromatic nitrogens is 3. The molecule has 9 nitrogen and oxygen atoms in total. The second-order valence-electron chi connectivity index (χ2n) is 6.65. The maximum atomic E-state index is 11.2. The van der Waals surface area contributed by atoms with Gasteiger partial charge in [0, 0.05) is 43.5 Å². The molecule has 0 saturated heterocycles. The van der Waals surface area contributed by atoms with Gasteiger partial charge in [-0.1, -0.05) is 24.3 Å². The second-order valence-corrected chi connectivity index (χ2v) is 6.65. The van der Waals surface area contributed by atoms with Crippen molar-refractivity contribution < 1.29 is 4.92 Å². The van der Waals surface area contributed by atoms with Crippen LogP contribution in [0.4, 0.5) is 17.5 Å². The first-order valence-corrected chi connectivity index (χ1v) is 9.18. The lowest BCUT2D eigenvalue weighted by atomic mass is 10.2. The summed E-state index contributed by atoms with van der Waals surface area (Å²) in [7, 11) is 3.99. The van der Waals surface area contributed by atoms with Crippen LogP contribution in [0.5, 0.6) is 0 Å². The third kappa shape index (κ3) is 5.69. The number of nitro benzene ring substituents is 1. The summed E-state index contributed by atoms with van der Waals surface area (Å²) in [5, 5.41) is 17.6. The van der Waals surface area contributed by atoms with Crippen molar-refractivity contribution in [1.29, 1.82) is 0 Å². The van der Waals surface area contributed by atoms with Gasteiger partial charge in [0.25, 0.3) is 5.69 Å². The number of para-hydroxylation sites is 1. The quantitative estimate of drug-likeness (QED) is 0.422. The molecule has 0 atom stereocenters. The number of rotatable bonds is 9. The Morgan fingerprint density at radius 3 is 2.55 bits per heavy atom. The standard InChI is InChI=1S/C20H23N7O2/c1-26(2)12-11-22-20-24-17(16-8-5-6-10-21-16)13-19(25-20)23-14-15-7-3-4-9-18(15)27(28)29/h3-10,13H,11-12,14H2,1-2H3,(H2,22,23,24,25). The summed E-state index contributed by atoms with van der Waals surface area (Å²) in [6.07, 6.45) is 1.71. The van der Waals surface area contributed by atoms with Crippen molar-refractivity contribution >= 4 is 17.5 Å². The van der Waals surface area contributed by atoms with Crippen LogP contribution in [0, 0.1) is 10.1 Å². The van der Waals surface area contributed by atoms with Crippen LogP contribution in [-0.2, 0) is 6.54 Å². The Morgan fingerprint density at radius 1 is 1.03 bits per heavy atom. The van der Waals surface area contributed by atoms with Crippen LogP contribution in [0.3, 0.4) is 0 Å². The van der Waals surface area contributed by atoms with Gasteiger partial charge in [-0.3, -0.25) is 15.1 Å². The highest BCUT2D eigenvalue weighted by Crippen LogP contribution is 2.22. The number of anilines is 2. The molecule has 2 aromatic heterocycles. The van der Waals surface area contributed by atoms with Crippen LogP contribution < -0.4 is 10.6 Å². The predicted molar refractivity (Wildman–Crippen MR) is 113 cm³/mol. The molecular formula is C20H23N7O2. The number of hydrogen-bond donors (Lipinski definition) is 2. The van der Waals surface area contributed by atoms with Gasteiger partial charge in [0.1, 0.15) is 5.82 Å². The largest absolute Gasteiger partial charge is 0.366 e. The molecule has 29 heavy (non-hydrogen) atoms. The molecule has 9 heteroatoms. The molecule has 0 spiro atoms. The fourth-order valence-corrected chi connectivity index (χ4v) is 2.68. The molecular weight excluding hydrogens is 370 g/mol. The van der Waals surface area contributed by atoms with Gasteiger partial charge in [-0.05, 0) is 26.2 Å². The summed E-state index contributed by atoms with van der Waals surface area (Å²) in [4.78, 5) is 26.3. The fraction of sp³-hybridized carbons (Fsp3) is 0.250. The average Bonchev–Trinajstić information content (AvgIpc) is 2.72. The van der Waals surface area contributed by atoms with E-state index in [0.717, 1.165) is 12.2 Å². The zero-order chi connectivity index (χ0) is 20.6. The van der Waals surface area contributed by atoms with E-state index >= 15 is 0 Å². The Morgan fingerprint density at radius 2 is 1.83 bits per heavy atom. The summed E-state index contributed by atoms with van der Waals surface area (Å²) in [5.41, 5.74) is 2.04. The topological polar surface area (TPSA) is 109 Å². The molecule has 2 N–H and O–H groups in total. The summed E-state index contributed by atoms with van der Waals surface area (Å²) in [6.45, 7) is 1.78. The Bertz CT molecular complexity index is 964. The van der Waals surface area contributed by atoms with Gasteiger partial charge in [-0.25, -0.2) is 4.98 Å². The van der Waals surface area contributed by atoms with Gasteiger partial charge in [-0.2, -0.15) is 4.98 Å². The number of pyridine rings is 1. The Labute approximate surface area is 169 Å². The van der Waals surface area contributed by atoms with Gasteiger partial charge < -0.3 is 15.5 Å². The van der Waals surface area contributed by atoms with E-state index in [1.807, 2.05) is 32.3 Å². The van der Waals surface area contributed by atoms with Crippen molar-refractivity contribution in [3.63, 3.8) is 0 Å². The van der Waals surface area contributed by atoms with E-state index in [4.69, 9.17) is 0 Å². The summed E-state index contributed by atoms with van der Waals surface area (Å²) in [6, 6.07) is 14.0. The van der Waals surface area contributed by atoms with E-state index in [-0.39, 0.29) is 17.2 Å². The first kappa shape index (κ1) is 20.2. The molecule has 0 bridgehead atoms. The molecule has 0 aliphatic rings. The van der Waals surface area contributed by atoms with Crippen molar-refractivity contribution in [2.75, 3.05) is 37.8 Å². The monoisotopic (exact) mass is 393 g/mol. The van der Waals surface area contributed by atoms with Crippen LogP contribution >= 0.6 is 0 Å². The van der Waals surface area contributed by atoms with Gasteiger partial charge >= 0.3 is 0 Å². The number of hydrogen-bond acceptors (Lipinski definition) is 8. The summed E-state index contributed by atoms with van der Waals surface area (Å²) < 4.78 is 0. The number of nitro groups is 1. The van der Waals surface area contributed by atoms with Crippen molar-refractivity contribution in [2.24, 2.45) is 0 Å². The highest BCUT2D eigenvalue weighted by molar-refractivity contribution is 5.61. The Hall–Kier alpha value is -3.59. The second kappa shape index (κ2) is 9.56. The smallest absolute Gasteiger partial charge is 0.274 e. The van der Waals surface area contributed by atoms with Crippen LogP contribution in [0.1, 0.15) is 5.56 Å². The molecule has 0 aliphatic heterocycles. The van der Waals surface area contributed by atoms with E-state index in [0.29, 0.717) is 29.6 Å². The first-order chi connectivity index (χ1) is 14.0. The molecule has 0 saturated carbocycles. The molecule has 2 heterocycles. The predicted octanol–water partition coefficient (Wildman–Crippen LogP) is 3.03. The zero-order valence-corrected chi connectivity index (χ0v) is 16.4. The molecule has 0 amide bonds. The number of nitrogens with zero attached hydrogens (tertiary/aromatic N) is 5. The lowest BCUT2D eigenvalue weighted by Gasteiger charge is -2.13. The Balaban J connectivity index is 1.84. The normalized spacial score (nSPS) is 10.7. The molecule has 0 radical (unpaired) electrons. The third-order valence-corrected chi connectivity index (χ3v) is 4.14. The van der Waals surface area contributed by atoms with Gasteiger partial charge in [0.15, 0.2) is 0 Å². The van der Waals surface area contributed by atoms with Crippen LogP contribution in [0.25, 0.3) is 11.4 Å². The SMILES string of the molecule is CN(C)CCNc1nc(NCc2ccccc2[N+](=O)[O-])cc(-c2ccccn2)n1. The molecule has 150 valence electrons. The van der Waals surface area contributed by atoms with Crippen LogP contribution in [0.2, 0.25) is 0 Å². The van der Waals surface area contributed by atoms with Crippen molar-refractivity contribution in [1.82, 2.24) is 19.9 Å². The number of likely N-dealkylation sites (N-methyl/N-ethyl adjacent to an activating group) is 1. The lowest BCUT2D eigenvalue weighted by Crippen LogP contribution is -2.21. The van der Waals surface area contributed by atoms with Crippen molar-refractivity contribution in [3.05, 3.63) is 70.4 Å². The van der Waals surface area contributed by atoms with Gasteiger partial charge in [0.2, 0.25) is 5.95 Å². The van der Waals surface area contributed by atoms with Crippen molar-refractivity contribution in [2.45, 2.75) is 6.54 Å². The minimum absolute atomic E-state index is 0.0725. The van der Waals surface area contributed by atoms with Gasteiger partial charge in [-0.15, -0.1) is 0 Å². The van der Waals surface area contributed by atoms with E-state index in [9.17, 15) is 10.1 Å². The molecule has 0 aliphatic carbocycles. The highest BCUT2D eigenvalue weighted by atomic mass is 16.6. The number of nitrogens with one attached hydrogen (secondary N) is 2. The maximum absolute atomic E-state index is 11.2. The first-order valence-electron chi connectivity index (χ1n) is 9.18. The van der Waals surface area contributed by atoms with E-state index in [1.165, 1.54) is 6.07 Å². The van der Waals surface area contributed by atoms with E-state index in [2.05, 4.69) is 30.5 Å². The molecule has 3 rings (SSSR count). The minimum Gasteiger partial charge on any atom is -0.366 e. The van der Waals surface area contributed by atoms with E-state index in [1.54, 1.807) is 30.5 Å². The minimum atomic E-state index is -0.384. The fourth-order valence-electron chi connectivity index (χ4n) is 2.68. The molecule has 0 fully saturated rings.